The molecule has 0 saturated heterocycles. The zero-order valence-electron chi connectivity index (χ0n) is 17.9. The predicted molar refractivity (Wildman–Crippen MR) is 122 cm³/mol. The van der Waals surface area contributed by atoms with Gasteiger partial charge in [0.1, 0.15) is 0 Å². The lowest BCUT2D eigenvalue weighted by molar-refractivity contribution is 0.272. The number of rotatable bonds is 9. The van der Waals surface area contributed by atoms with Gasteiger partial charge in [0.25, 0.3) is 0 Å². The number of hydrogen-bond acceptors (Lipinski definition) is 6. The highest BCUT2D eigenvalue weighted by Crippen LogP contribution is 2.12. The Morgan fingerprint density at radius 1 is 0.571 bits per heavy atom. The predicted octanol–water partition coefficient (Wildman–Crippen LogP) is 3.05. The van der Waals surface area contributed by atoms with Crippen LogP contribution in [0.5, 0.6) is 0 Å². The highest BCUT2D eigenvalue weighted by molar-refractivity contribution is 5.80. The molecule has 0 aromatic heterocycles. The van der Waals surface area contributed by atoms with Crippen LogP contribution in [0.25, 0.3) is 0 Å². The molecule has 0 radical (unpaired) electrons. The Labute approximate surface area is 169 Å². The van der Waals surface area contributed by atoms with Crippen molar-refractivity contribution in [2.24, 2.45) is 10.2 Å². The van der Waals surface area contributed by atoms with Gasteiger partial charge in [-0.05, 0) is 35.4 Å². The quantitative estimate of drug-likeness (QED) is 0.495. The van der Waals surface area contributed by atoms with Gasteiger partial charge >= 0.3 is 0 Å². The Hall–Kier alpha value is -3.02. The van der Waals surface area contributed by atoms with E-state index in [9.17, 15) is 0 Å². The molecule has 0 aliphatic carbocycles. The van der Waals surface area contributed by atoms with Gasteiger partial charge in [-0.25, -0.2) is 0 Å². The van der Waals surface area contributed by atoms with E-state index in [1.807, 2.05) is 64.7 Å². The Bertz CT molecular complexity index is 695. The normalized spacial score (nSPS) is 11.2. The molecule has 2 aromatic rings. The van der Waals surface area contributed by atoms with Crippen molar-refractivity contribution in [2.75, 3.05) is 65.2 Å². The summed E-state index contributed by atoms with van der Waals surface area (Å²) in [4.78, 5) is 4.17. The number of anilines is 2. The lowest BCUT2D eigenvalue weighted by Crippen LogP contribution is -2.25. The van der Waals surface area contributed by atoms with Crippen molar-refractivity contribution in [2.45, 2.75) is 0 Å². The van der Waals surface area contributed by atoms with Crippen molar-refractivity contribution < 1.29 is 0 Å². The molecule has 0 N–H and O–H groups in total. The van der Waals surface area contributed by atoms with Crippen LogP contribution < -0.4 is 9.80 Å². The SMILES string of the molecule is CN(CCN(C)/N=C\c1ccc(N(C)C)cc1)/N=C\c1ccc(N(C)C)cc1. The first-order chi connectivity index (χ1) is 13.3. The first kappa shape index (κ1) is 21.3. The zero-order chi connectivity index (χ0) is 20.5. The third-order valence-electron chi connectivity index (χ3n) is 4.37. The van der Waals surface area contributed by atoms with Gasteiger partial charge in [-0.2, -0.15) is 10.2 Å². The van der Waals surface area contributed by atoms with Crippen LogP contribution in [-0.4, -0.2) is 77.8 Å². The summed E-state index contributed by atoms with van der Waals surface area (Å²) >= 11 is 0. The minimum atomic E-state index is 0.791. The van der Waals surface area contributed by atoms with Crippen LogP contribution in [0, 0.1) is 0 Å². The van der Waals surface area contributed by atoms with Crippen molar-refractivity contribution >= 4 is 23.8 Å². The van der Waals surface area contributed by atoms with E-state index in [0.29, 0.717) is 0 Å². The molecule has 0 aliphatic rings. The summed E-state index contributed by atoms with van der Waals surface area (Å²) in [5.41, 5.74) is 4.54. The van der Waals surface area contributed by atoms with E-state index in [1.165, 1.54) is 11.4 Å². The van der Waals surface area contributed by atoms with Crippen LogP contribution in [0.2, 0.25) is 0 Å². The van der Waals surface area contributed by atoms with Gasteiger partial charge in [-0.1, -0.05) is 24.3 Å². The molecule has 0 spiro atoms. The molecule has 2 rings (SSSR count). The maximum absolute atomic E-state index is 4.50. The fraction of sp³-hybridized carbons (Fsp3) is 0.364. The summed E-state index contributed by atoms with van der Waals surface area (Å²) in [6.45, 7) is 1.58. The molecule has 0 bridgehead atoms. The van der Waals surface area contributed by atoms with Crippen molar-refractivity contribution in [3.8, 4) is 0 Å². The molecule has 0 amide bonds. The van der Waals surface area contributed by atoms with Gasteiger partial charge in [-0.3, -0.25) is 10.0 Å². The first-order valence-electron chi connectivity index (χ1n) is 9.40. The molecular formula is C22H32N6. The Kier molecular flexibility index (Phi) is 7.87. The molecule has 0 heterocycles. The van der Waals surface area contributed by atoms with Crippen LogP contribution in [0.4, 0.5) is 11.4 Å². The molecule has 150 valence electrons. The smallest absolute Gasteiger partial charge is 0.0549 e. The lowest BCUT2D eigenvalue weighted by atomic mass is 10.2. The maximum Gasteiger partial charge on any atom is 0.0549 e. The zero-order valence-corrected chi connectivity index (χ0v) is 17.9. The average molecular weight is 381 g/mol. The van der Waals surface area contributed by atoms with Gasteiger partial charge in [0.05, 0.1) is 25.5 Å². The standard InChI is InChI=1S/C22H32N6/c1-25(2)21-11-7-19(8-12-21)17-23-27(5)15-16-28(6)24-18-20-9-13-22(14-10-20)26(3)4/h7-14,17-18H,15-16H2,1-6H3/b23-17-,24-18-. The summed E-state index contributed by atoms with van der Waals surface area (Å²) < 4.78 is 0. The van der Waals surface area contributed by atoms with Gasteiger partial charge in [0, 0.05) is 53.7 Å². The third-order valence-corrected chi connectivity index (χ3v) is 4.37. The molecule has 28 heavy (non-hydrogen) atoms. The monoisotopic (exact) mass is 380 g/mol. The average Bonchev–Trinajstić information content (AvgIpc) is 2.69. The summed E-state index contributed by atoms with van der Waals surface area (Å²) in [5, 5.41) is 12.9. The first-order valence-corrected chi connectivity index (χ1v) is 9.40. The summed E-state index contributed by atoms with van der Waals surface area (Å²) in [7, 11) is 12.1. The molecule has 0 unspecified atom stereocenters. The van der Waals surface area contributed by atoms with Crippen LogP contribution in [0.1, 0.15) is 11.1 Å². The van der Waals surface area contributed by atoms with E-state index in [0.717, 1.165) is 24.2 Å². The minimum absolute atomic E-state index is 0.791. The second kappa shape index (κ2) is 10.3. The van der Waals surface area contributed by atoms with E-state index in [1.54, 1.807) is 0 Å². The molecule has 0 saturated carbocycles. The molecule has 6 nitrogen and oxygen atoms in total. The van der Waals surface area contributed by atoms with Gasteiger partial charge in [0.2, 0.25) is 0 Å². The minimum Gasteiger partial charge on any atom is -0.378 e. The highest BCUT2D eigenvalue weighted by atomic mass is 15.5. The maximum atomic E-state index is 4.50. The second-order valence-corrected chi connectivity index (χ2v) is 7.22. The lowest BCUT2D eigenvalue weighted by Gasteiger charge is -2.18. The summed E-state index contributed by atoms with van der Waals surface area (Å²) in [6.07, 6.45) is 3.77. The van der Waals surface area contributed by atoms with Crippen molar-refractivity contribution in [1.29, 1.82) is 0 Å². The van der Waals surface area contributed by atoms with Crippen LogP contribution >= 0.6 is 0 Å². The number of likely N-dealkylation sites (N-methyl/N-ethyl adjacent to an activating group) is 2. The summed E-state index contributed by atoms with van der Waals surface area (Å²) in [5.74, 6) is 0. The van der Waals surface area contributed by atoms with Gasteiger partial charge in [-0.15, -0.1) is 0 Å². The number of hydrogen-bond donors (Lipinski definition) is 0. The van der Waals surface area contributed by atoms with Gasteiger partial charge in [0.15, 0.2) is 0 Å². The second-order valence-electron chi connectivity index (χ2n) is 7.22. The third kappa shape index (κ3) is 6.95. The number of hydrazone groups is 2. The van der Waals surface area contributed by atoms with Crippen LogP contribution in [0.15, 0.2) is 58.7 Å². The van der Waals surface area contributed by atoms with Crippen LogP contribution in [-0.2, 0) is 0 Å². The largest absolute Gasteiger partial charge is 0.378 e. The highest BCUT2D eigenvalue weighted by Gasteiger charge is 1.99. The number of benzene rings is 2. The molecule has 0 atom stereocenters. The van der Waals surface area contributed by atoms with E-state index >= 15 is 0 Å². The molecule has 6 heteroatoms. The Morgan fingerprint density at radius 3 is 1.18 bits per heavy atom. The number of nitrogens with zero attached hydrogens (tertiary/aromatic N) is 6. The van der Waals surface area contributed by atoms with E-state index in [-0.39, 0.29) is 0 Å². The van der Waals surface area contributed by atoms with E-state index in [2.05, 4.69) is 68.5 Å². The van der Waals surface area contributed by atoms with E-state index in [4.69, 9.17) is 0 Å². The van der Waals surface area contributed by atoms with Crippen molar-refractivity contribution in [3.63, 3.8) is 0 Å². The molecule has 0 aliphatic heterocycles. The van der Waals surface area contributed by atoms with Crippen molar-refractivity contribution in [3.05, 3.63) is 59.7 Å². The summed E-state index contributed by atoms with van der Waals surface area (Å²) in [6, 6.07) is 16.7. The topological polar surface area (TPSA) is 37.7 Å². The fourth-order valence-electron chi connectivity index (χ4n) is 2.45. The van der Waals surface area contributed by atoms with Crippen molar-refractivity contribution in [1.82, 2.24) is 10.0 Å². The molecule has 0 fully saturated rings. The molecular weight excluding hydrogens is 348 g/mol. The van der Waals surface area contributed by atoms with E-state index < -0.39 is 0 Å². The van der Waals surface area contributed by atoms with Gasteiger partial charge < -0.3 is 9.80 Å². The molecule has 2 aromatic carbocycles. The Morgan fingerprint density at radius 2 is 0.893 bits per heavy atom. The van der Waals surface area contributed by atoms with Crippen LogP contribution in [0.3, 0.4) is 0 Å². The fourth-order valence-corrected chi connectivity index (χ4v) is 2.45. The Balaban J connectivity index is 1.78.